The topological polar surface area (TPSA) is 21.3 Å². The number of methoxy groups -OCH3 is 1. The van der Waals surface area contributed by atoms with Crippen molar-refractivity contribution in [3.63, 3.8) is 0 Å². The van der Waals surface area contributed by atoms with Crippen LogP contribution >= 0.6 is 0 Å². The quantitative estimate of drug-likeness (QED) is 0.877. The third kappa shape index (κ3) is 4.30. The van der Waals surface area contributed by atoms with Crippen LogP contribution in [0.4, 0.5) is 8.78 Å². The third-order valence-electron chi connectivity index (χ3n) is 2.33. The molecule has 0 bridgehead atoms. The van der Waals surface area contributed by atoms with Gasteiger partial charge in [-0.3, -0.25) is 0 Å². The number of hydrogen-bond acceptors (Lipinski definition) is 2. The first-order chi connectivity index (χ1) is 7.74. The zero-order valence-electron chi connectivity index (χ0n) is 10.7. The molecule has 0 amide bonds. The zero-order valence-corrected chi connectivity index (χ0v) is 10.7. The lowest BCUT2D eigenvalue weighted by molar-refractivity contribution is -0.00877. The lowest BCUT2D eigenvalue weighted by atomic mass is 10.1. The van der Waals surface area contributed by atoms with Crippen LogP contribution in [0.1, 0.15) is 26.3 Å². The van der Waals surface area contributed by atoms with Gasteiger partial charge in [0, 0.05) is 11.1 Å². The molecule has 0 aliphatic carbocycles. The molecule has 0 spiro atoms. The molecule has 1 rings (SSSR count). The summed E-state index contributed by atoms with van der Waals surface area (Å²) < 4.78 is 32.7. The fraction of sp³-hybridized carbons (Fsp3) is 0.538. The van der Waals surface area contributed by atoms with Crippen molar-refractivity contribution in [2.45, 2.75) is 32.2 Å². The van der Waals surface area contributed by atoms with E-state index in [9.17, 15) is 8.78 Å². The molecule has 2 nitrogen and oxygen atoms in total. The fourth-order valence-electron chi connectivity index (χ4n) is 1.33. The molecule has 4 heteroatoms. The van der Waals surface area contributed by atoms with Gasteiger partial charge in [0.05, 0.1) is 13.7 Å². The Hall–Kier alpha value is -1.16. The Labute approximate surface area is 101 Å². The molecule has 0 aliphatic heterocycles. The van der Waals surface area contributed by atoms with Crippen LogP contribution in [-0.4, -0.2) is 19.2 Å². The Kier molecular flexibility index (Phi) is 4.09. The summed E-state index contributed by atoms with van der Waals surface area (Å²) in [5.41, 5.74) is -0.365. The molecular formula is C13H19F2NO. The minimum absolute atomic E-state index is 0.0337. The SMILES string of the molecule is COc1cccc(C(F)(F)CNC(C)(C)C)c1. The van der Waals surface area contributed by atoms with Crippen LogP contribution in [0.25, 0.3) is 0 Å². The zero-order chi connectivity index (χ0) is 13.1. The van der Waals surface area contributed by atoms with Crippen molar-refractivity contribution in [3.8, 4) is 5.75 Å². The number of alkyl halides is 2. The molecule has 0 heterocycles. The summed E-state index contributed by atoms with van der Waals surface area (Å²) >= 11 is 0. The van der Waals surface area contributed by atoms with Gasteiger partial charge in [-0.1, -0.05) is 12.1 Å². The minimum atomic E-state index is -2.90. The normalized spacial score (nSPS) is 12.6. The van der Waals surface area contributed by atoms with E-state index >= 15 is 0 Å². The van der Waals surface area contributed by atoms with Gasteiger partial charge >= 0.3 is 0 Å². The maximum atomic E-state index is 13.9. The fourth-order valence-corrected chi connectivity index (χ4v) is 1.33. The molecule has 0 unspecified atom stereocenters. The van der Waals surface area contributed by atoms with Crippen LogP contribution in [0.3, 0.4) is 0 Å². The average Bonchev–Trinajstić information content (AvgIpc) is 2.26. The van der Waals surface area contributed by atoms with Crippen LogP contribution in [0.5, 0.6) is 5.75 Å². The predicted octanol–water partition coefficient (Wildman–Crippen LogP) is 3.18. The first kappa shape index (κ1) is 13.9. The van der Waals surface area contributed by atoms with Gasteiger partial charge in [-0.15, -0.1) is 0 Å². The van der Waals surface area contributed by atoms with Crippen molar-refractivity contribution >= 4 is 0 Å². The Morgan fingerprint density at radius 3 is 2.41 bits per heavy atom. The second kappa shape index (κ2) is 5.00. The summed E-state index contributed by atoms with van der Waals surface area (Å²) in [4.78, 5) is 0. The van der Waals surface area contributed by atoms with E-state index in [0.717, 1.165) is 0 Å². The van der Waals surface area contributed by atoms with Gasteiger partial charge in [0.1, 0.15) is 5.75 Å². The van der Waals surface area contributed by atoms with Crippen LogP contribution < -0.4 is 10.1 Å². The van der Waals surface area contributed by atoms with Crippen molar-refractivity contribution in [2.24, 2.45) is 0 Å². The Morgan fingerprint density at radius 1 is 1.24 bits per heavy atom. The maximum absolute atomic E-state index is 13.9. The molecule has 96 valence electrons. The number of rotatable bonds is 4. The summed E-state index contributed by atoms with van der Waals surface area (Å²) in [7, 11) is 1.46. The largest absolute Gasteiger partial charge is 0.497 e. The Balaban J connectivity index is 2.81. The maximum Gasteiger partial charge on any atom is 0.285 e. The number of ether oxygens (including phenoxy) is 1. The van der Waals surface area contributed by atoms with Gasteiger partial charge in [0.25, 0.3) is 5.92 Å². The molecular weight excluding hydrogens is 224 g/mol. The van der Waals surface area contributed by atoms with Crippen molar-refractivity contribution in [1.29, 1.82) is 0 Å². The van der Waals surface area contributed by atoms with E-state index < -0.39 is 5.92 Å². The second-order valence-electron chi connectivity index (χ2n) is 5.04. The van der Waals surface area contributed by atoms with Gasteiger partial charge in [-0.05, 0) is 32.9 Å². The Bertz CT molecular complexity index is 372. The molecule has 1 aromatic rings. The molecule has 1 N–H and O–H groups in total. The lowest BCUT2D eigenvalue weighted by Gasteiger charge is -2.25. The second-order valence-corrected chi connectivity index (χ2v) is 5.04. The molecule has 1 aromatic carbocycles. The highest BCUT2D eigenvalue weighted by atomic mass is 19.3. The first-order valence-corrected chi connectivity index (χ1v) is 5.52. The monoisotopic (exact) mass is 243 g/mol. The first-order valence-electron chi connectivity index (χ1n) is 5.52. The smallest absolute Gasteiger partial charge is 0.285 e. The highest BCUT2D eigenvalue weighted by Gasteiger charge is 2.32. The lowest BCUT2D eigenvalue weighted by Crippen LogP contribution is -2.42. The van der Waals surface area contributed by atoms with E-state index in [1.807, 2.05) is 20.8 Å². The van der Waals surface area contributed by atoms with E-state index in [1.165, 1.54) is 19.2 Å². The van der Waals surface area contributed by atoms with E-state index in [1.54, 1.807) is 12.1 Å². The van der Waals surface area contributed by atoms with Crippen molar-refractivity contribution in [1.82, 2.24) is 5.32 Å². The van der Waals surface area contributed by atoms with Gasteiger partial charge in [-0.2, -0.15) is 8.78 Å². The van der Waals surface area contributed by atoms with Gasteiger partial charge in [0.2, 0.25) is 0 Å². The van der Waals surface area contributed by atoms with Crippen molar-refractivity contribution in [2.75, 3.05) is 13.7 Å². The van der Waals surface area contributed by atoms with E-state index in [2.05, 4.69) is 5.32 Å². The van der Waals surface area contributed by atoms with Crippen molar-refractivity contribution < 1.29 is 13.5 Å². The van der Waals surface area contributed by atoms with E-state index in [4.69, 9.17) is 4.74 Å². The predicted molar refractivity (Wildman–Crippen MR) is 64.6 cm³/mol. The molecule has 0 radical (unpaired) electrons. The van der Waals surface area contributed by atoms with E-state index in [-0.39, 0.29) is 17.6 Å². The summed E-state index contributed by atoms with van der Waals surface area (Å²) in [5.74, 6) is -2.46. The van der Waals surface area contributed by atoms with Crippen molar-refractivity contribution in [3.05, 3.63) is 29.8 Å². The van der Waals surface area contributed by atoms with Crippen LogP contribution in [-0.2, 0) is 5.92 Å². The molecule has 0 saturated heterocycles. The minimum Gasteiger partial charge on any atom is -0.497 e. The molecule has 0 saturated carbocycles. The number of hydrogen-bond donors (Lipinski definition) is 1. The third-order valence-corrected chi connectivity index (χ3v) is 2.33. The summed E-state index contributed by atoms with van der Waals surface area (Å²) in [6.07, 6.45) is 0. The number of nitrogens with one attached hydrogen (secondary N) is 1. The Morgan fingerprint density at radius 2 is 1.88 bits per heavy atom. The van der Waals surface area contributed by atoms with E-state index in [0.29, 0.717) is 5.75 Å². The van der Waals surface area contributed by atoms with Crippen LogP contribution in [0.2, 0.25) is 0 Å². The molecule has 0 aromatic heterocycles. The van der Waals surface area contributed by atoms with Gasteiger partial charge < -0.3 is 10.1 Å². The summed E-state index contributed by atoms with van der Waals surface area (Å²) in [6.45, 7) is 5.18. The molecule has 17 heavy (non-hydrogen) atoms. The highest BCUT2D eigenvalue weighted by Crippen LogP contribution is 2.30. The number of benzene rings is 1. The molecule has 0 aliphatic rings. The molecule has 0 atom stereocenters. The van der Waals surface area contributed by atoms with Crippen LogP contribution in [0.15, 0.2) is 24.3 Å². The van der Waals surface area contributed by atoms with Crippen LogP contribution in [0, 0.1) is 0 Å². The average molecular weight is 243 g/mol. The standard InChI is InChI=1S/C13H19F2NO/c1-12(2,3)16-9-13(14,15)10-6-5-7-11(8-10)17-4/h5-8,16H,9H2,1-4H3. The number of halogens is 2. The van der Waals surface area contributed by atoms with Gasteiger partial charge in [-0.25, -0.2) is 0 Å². The molecule has 0 fully saturated rings. The highest BCUT2D eigenvalue weighted by molar-refractivity contribution is 5.31. The summed E-state index contributed by atoms with van der Waals surface area (Å²) in [6, 6.07) is 5.99. The summed E-state index contributed by atoms with van der Waals surface area (Å²) in [5, 5.41) is 2.81. The van der Waals surface area contributed by atoms with Gasteiger partial charge in [0.15, 0.2) is 0 Å².